The number of ether oxygens (including phenoxy) is 1. The lowest BCUT2D eigenvalue weighted by atomic mass is 9.87. The number of aliphatic carboxylic acids is 1. The molecule has 0 saturated heterocycles. The normalized spacial score (nSPS) is 23.0. The van der Waals surface area contributed by atoms with Crippen LogP contribution in [0, 0.1) is 5.92 Å². The molecule has 1 N–H and O–H groups in total. The number of carboxylic acids is 1. The first-order valence-electron chi connectivity index (χ1n) is 6.06. The van der Waals surface area contributed by atoms with Crippen LogP contribution in [-0.4, -0.2) is 17.2 Å². The van der Waals surface area contributed by atoms with Crippen molar-refractivity contribution in [3.8, 4) is 5.75 Å². The molecule has 0 fully saturated rings. The smallest absolute Gasteiger partial charge is 0.311 e. The maximum Gasteiger partial charge on any atom is 0.311 e. The standard InChI is InChI=1S/C14H18O3/c1-9(2)7-10-8-12(14(15)16)11-5-3-4-6-13(11)17-10/h3-6,9-10,12H,7-8H2,1-2H3,(H,15,16). The van der Waals surface area contributed by atoms with Crippen LogP contribution in [0.2, 0.25) is 0 Å². The number of carbonyl (C=O) groups is 1. The number of rotatable bonds is 3. The molecule has 0 saturated carbocycles. The molecule has 3 nitrogen and oxygen atoms in total. The lowest BCUT2D eigenvalue weighted by Gasteiger charge is -2.31. The van der Waals surface area contributed by atoms with Crippen LogP contribution in [0.3, 0.4) is 0 Å². The molecule has 92 valence electrons. The van der Waals surface area contributed by atoms with E-state index in [1.807, 2.05) is 24.3 Å². The van der Waals surface area contributed by atoms with Gasteiger partial charge in [0.2, 0.25) is 0 Å². The first-order valence-corrected chi connectivity index (χ1v) is 6.06. The number of carboxylic acid groups (broad SMARTS) is 1. The number of hydrogen-bond donors (Lipinski definition) is 1. The summed E-state index contributed by atoms with van der Waals surface area (Å²) in [4.78, 5) is 11.3. The molecule has 1 heterocycles. The number of fused-ring (bicyclic) bond motifs is 1. The Balaban J connectivity index is 2.26. The van der Waals surface area contributed by atoms with E-state index in [-0.39, 0.29) is 6.10 Å². The summed E-state index contributed by atoms with van der Waals surface area (Å²) in [7, 11) is 0. The summed E-state index contributed by atoms with van der Waals surface area (Å²) in [6.45, 7) is 4.25. The van der Waals surface area contributed by atoms with Crippen LogP contribution < -0.4 is 4.74 Å². The maximum absolute atomic E-state index is 11.3. The summed E-state index contributed by atoms with van der Waals surface area (Å²) >= 11 is 0. The Hall–Kier alpha value is -1.51. The van der Waals surface area contributed by atoms with Crippen LogP contribution in [0.25, 0.3) is 0 Å². The summed E-state index contributed by atoms with van der Waals surface area (Å²) in [5, 5.41) is 9.28. The van der Waals surface area contributed by atoms with Crippen LogP contribution in [0.1, 0.15) is 38.2 Å². The molecule has 1 aromatic rings. The van der Waals surface area contributed by atoms with E-state index in [1.54, 1.807) is 0 Å². The minimum absolute atomic E-state index is 0.0194. The van der Waals surface area contributed by atoms with Crippen molar-refractivity contribution in [1.82, 2.24) is 0 Å². The predicted molar refractivity (Wildman–Crippen MR) is 65.3 cm³/mol. The molecule has 17 heavy (non-hydrogen) atoms. The molecule has 1 aliphatic heterocycles. The van der Waals surface area contributed by atoms with Crippen molar-refractivity contribution >= 4 is 5.97 Å². The first-order chi connectivity index (χ1) is 8.08. The third-order valence-corrected chi connectivity index (χ3v) is 3.12. The van der Waals surface area contributed by atoms with Gasteiger partial charge in [0.15, 0.2) is 0 Å². The minimum atomic E-state index is -0.755. The monoisotopic (exact) mass is 234 g/mol. The summed E-state index contributed by atoms with van der Waals surface area (Å²) in [6.07, 6.45) is 1.49. The van der Waals surface area contributed by atoms with E-state index < -0.39 is 11.9 Å². The number of para-hydroxylation sites is 1. The summed E-state index contributed by atoms with van der Waals surface area (Å²) in [5.41, 5.74) is 0.806. The van der Waals surface area contributed by atoms with Crippen molar-refractivity contribution < 1.29 is 14.6 Å². The highest BCUT2D eigenvalue weighted by molar-refractivity contribution is 5.77. The lowest BCUT2D eigenvalue weighted by molar-refractivity contribution is -0.140. The highest BCUT2D eigenvalue weighted by Gasteiger charge is 2.32. The fourth-order valence-electron chi connectivity index (χ4n) is 2.40. The van der Waals surface area contributed by atoms with Gasteiger partial charge in [-0.15, -0.1) is 0 Å². The zero-order valence-corrected chi connectivity index (χ0v) is 10.2. The molecule has 0 aromatic heterocycles. The maximum atomic E-state index is 11.3. The Morgan fingerprint density at radius 1 is 1.47 bits per heavy atom. The van der Waals surface area contributed by atoms with E-state index in [1.165, 1.54) is 0 Å². The molecular weight excluding hydrogens is 216 g/mol. The van der Waals surface area contributed by atoms with Crippen LogP contribution >= 0.6 is 0 Å². The van der Waals surface area contributed by atoms with Gasteiger partial charge in [0.05, 0.1) is 5.92 Å². The van der Waals surface area contributed by atoms with Crippen LogP contribution in [0.5, 0.6) is 5.75 Å². The van der Waals surface area contributed by atoms with Crippen molar-refractivity contribution in [3.05, 3.63) is 29.8 Å². The summed E-state index contributed by atoms with van der Waals surface area (Å²) in [5.74, 6) is 0.0645. The van der Waals surface area contributed by atoms with Gasteiger partial charge in [-0.2, -0.15) is 0 Å². The second-order valence-corrected chi connectivity index (χ2v) is 5.03. The highest BCUT2D eigenvalue weighted by atomic mass is 16.5. The van der Waals surface area contributed by atoms with Crippen LogP contribution in [-0.2, 0) is 4.79 Å². The molecule has 0 aliphatic carbocycles. The predicted octanol–water partition coefficient (Wildman–Crippen LogP) is 3.05. The second-order valence-electron chi connectivity index (χ2n) is 5.03. The molecule has 1 aromatic carbocycles. The molecule has 2 unspecified atom stereocenters. The zero-order valence-electron chi connectivity index (χ0n) is 10.2. The Labute approximate surface area is 101 Å². The molecule has 0 radical (unpaired) electrons. The van der Waals surface area contributed by atoms with Crippen molar-refractivity contribution in [3.63, 3.8) is 0 Å². The summed E-state index contributed by atoms with van der Waals surface area (Å²) in [6, 6.07) is 7.45. The van der Waals surface area contributed by atoms with Crippen LogP contribution in [0.15, 0.2) is 24.3 Å². The molecule has 2 rings (SSSR count). The van der Waals surface area contributed by atoms with Crippen molar-refractivity contribution in [2.45, 2.75) is 38.7 Å². The average molecular weight is 234 g/mol. The number of benzene rings is 1. The van der Waals surface area contributed by atoms with Crippen molar-refractivity contribution in [1.29, 1.82) is 0 Å². The van der Waals surface area contributed by atoms with Crippen LogP contribution in [0.4, 0.5) is 0 Å². The van der Waals surface area contributed by atoms with E-state index in [0.717, 1.165) is 17.7 Å². The van der Waals surface area contributed by atoms with E-state index in [9.17, 15) is 9.90 Å². The fourth-order valence-corrected chi connectivity index (χ4v) is 2.40. The Bertz CT molecular complexity index is 412. The molecule has 0 amide bonds. The summed E-state index contributed by atoms with van der Waals surface area (Å²) < 4.78 is 5.86. The molecule has 0 bridgehead atoms. The highest BCUT2D eigenvalue weighted by Crippen LogP contribution is 2.37. The van der Waals surface area contributed by atoms with Gasteiger partial charge >= 0.3 is 5.97 Å². The third kappa shape index (κ3) is 2.60. The van der Waals surface area contributed by atoms with Gasteiger partial charge in [0, 0.05) is 12.0 Å². The fraction of sp³-hybridized carbons (Fsp3) is 0.500. The largest absolute Gasteiger partial charge is 0.490 e. The van der Waals surface area contributed by atoms with Crippen molar-refractivity contribution in [2.24, 2.45) is 5.92 Å². The zero-order chi connectivity index (χ0) is 12.4. The van der Waals surface area contributed by atoms with Gasteiger partial charge in [0.1, 0.15) is 11.9 Å². The van der Waals surface area contributed by atoms with E-state index in [4.69, 9.17) is 4.74 Å². The molecule has 2 atom stereocenters. The molecule has 3 heteroatoms. The number of hydrogen-bond acceptors (Lipinski definition) is 2. The molecular formula is C14H18O3. The van der Waals surface area contributed by atoms with Gasteiger partial charge < -0.3 is 9.84 Å². The molecule has 1 aliphatic rings. The van der Waals surface area contributed by atoms with Gasteiger partial charge in [0.25, 0.3) is 0 Å². The quantitative estimate of drug-likeness (QED) is 0.874. The van der Waals surface area contributed by atoms with Gasteiger partial charge in [-0.05, 0) is 18.4 Å². The van der Waals surface area contributed by atoms with E-state index in [0.29, 0.717) is 12.3 Å². The average Bonchev–Trinajstić information content (AvgIpc) is 2.27. The van der Waals surface area contributed by atoms with Gasteiger partial charge in [-0.25, -0.2) is 0 Å². The van der Waals surface area contributed by atoms with Gasteiger partial charge in [-0.1, -0.05) is 32.0 Å². The van der Waals surface area contributed by atoms with Crippen molar-refractivity contribution in [2.75, 3.05) is 0 Å². The van der Waals surface area contributed by atoms with E-state index in [2.05, 4.69) is 13.8 Å². The van der Waals surface area contributed by atoms with E-state index >= 15 is 0 Å². The second kappa shape index (κ2) is 4.78. The Morgan fingerprint density at radius 2 is 2.18 bits per heavy atom. The third-order valence-electron chi connectivity index (χ3n) is 3.12. The lowest BCUT2D eigenvalue weighted by Crippen LogP contribution is -2.30. The molecule has 0 spiro atoms. The Morgan fingerprint density at radius 3 is 2.82 bits per heavy atom. The topological polar surface area (TPSA) is 46.5 Å². The Kier molecular flexibility index (Phi) is 3.36. The SMILES string of the molecule is CC(C)CC1CC(C(=O)O)c2ccccc2O1. The van der Waals surface area contributed by atoms with Gasteiger partial charge in [-0.3, -0.25) is 4.79 Å². The minimum Gasteiger partial charge on any atom is -0.490 e. The first kappa shape index (κ1) is 12.0.